The quantitative estimate of drug-likeness (QED) is 0.712. The SMILES string of the molecule is CC(C)C[C@H](NC(=O)OC(C)(C)C)C(=O)Nc1n[nH]c(=S)s1. The van der Waals surface area contributed by atoms with Crippen LogP contribution in [-0.4, -0.2) is 33.8 Å². The number of hydrogen-bond donors (Lipinski definition) is 3. The molecule has 0 aliphatic heterocycles. The third-order valence-corrected chi connectivity index (χ3v) is 3.39. The number of anilines is 1. The molecule has 0 spiro atoms. The highest BCUT2D eigenvalue weighted by atomic mass is 32.1. The minimum absolute atomic E-state index is 0.225. The highest BCUT2D eigenvalue weighted by Crippen LogP contribution is 2.14. The largest absolute Gasteiger partial charge is 0.444 e. The van der Waals surface area contributed by atoms with Crippen LogP contribution >= 0.6 is 23.6 Å². The summed E-state index contributed by atoms with van der Waals surface area (Å²) in [4.78, 5) is 24.2. The van der Waals surface area contributed by atoms with Crippen LogP contribution in [0.2, 0.25) is 0 Å². The zero-order chi connectivity index (χ0) is 16.9. The van der Waals surface area contributed by atoms with E-state index in [4.69, 9.17) is 17.0 Å². The van der Waals surface area contributed by atoms with Crippen molar-refractivity contribution in [1.29, 1.82) is 0 Å². The van der Waals surface area contributed by atoms with Crippen molar-refractivity contribution < 1.29 is 14.3 Å². The average molecular weight is 346 g/mol. The molecule has 2 amide bonds. The summed E-state index contributed by atoms with van der Waals surface area (Å²) in [5, 5.41) is 12.1. The van der Waals surface area contributed by atoms with Crippen molar-refractivity contribution in [2.75, 3.05) is 5.32 Å². The fourth-order valence-corrected chi connectivity index (χ4v) is 2.42. The number of H-pyrrole nitrogens is 1. The van der Waals surface area contributed by atoms with Crippen LogP contribution in [0.3, 0.4) is 0 Å². The molecule has 7 nitrogen and oxygen atoms in total. The average Bonchev–Trinajstić information content (AvgIpc) is 2.70. The number of nitrogens with one attached hydrogen (secondary N) is 3. The second-order valence-electron chi connectivity index (χ2n) is 6.24. The molecular formula is C13H22N4O3S2. The van der Waals surface area contributed by atoms with Crippen LogP contribution < -0.4 is 10.6 Å². The van der Waals surface area contributed by atoms with Gasteiger partial charge >= 0.3 is 6.09 Å². The van der Waals surface area contributed by atoms with Crippen molar-refractivity contribution >= 4 is 40.7 Å². The van der Waals surface area contributed by atoms with E-state index in [0.717, 1.165) is 11.3 Å². The Balaban J connectivity index is 2.72. The van der Waals surface area contributed by atoms with Gasteiger partial charge in [0.25, 0.3) is 0 Å². The van der Waals surface area contributed by atoms with Crippen LogP contribution in [0.15, 0.2) is 0 Å². The third-order valence-electron chi connectivity index (χ3n) is 2.38. The van der Waals surface area contributed by atoms with Crippen LogP contribution in [0.1, 0.15) is 41.0 Å². The summed E-state index contributed by atoms with van der Waals surface area (Å²) < 4.78 is 5.66. The molecular weight excluding hydrogens is 324 g/mol. The van der Waals surface area contributed by atoms with E-state index in [-0.39, 0.29) is 11.8 Å². The van der Waals surface area contributed by atoms with E-state index in [1.807, 2.05) is 13.8 Å². The first-order valence-corrected chi connectivity index (χ1v) is 8.15. The van der Waals surface area contributed by atoms with E-state index in [2.05, 4.69) is 20.8 Å². The molecule has 0 unspecified atom stereocenters. The maximum Gasteiger partial charge on any atom is 0.408 e. The maximum atomic E-state index is 12.3. The molecule has 1 aromatic rings. The number of aromatic nitrogens is 2. The molecule has 0 saturated heterocycles. The van der Waals surface area contributed by atoms with Gasteiger partial charge in [-0.1, -0.05) is 25.2 Å². The summed E-state index contributed by atoms with van der Waals surface area (Å²) in [5.74, 6) is -0.125. The number of amides is 2. The van der Waals surface area contributed by atoms with E-state index in [9.17, 15) is 9.59 Å². The second kappa shape index (κ2) is 7.68. The summed E-state index contributed by atoms with van der Waals surface area (Å²) in [6, 6.07) is -0.702. The van der Waals surface area contributed by atoms with Gasteiger partial charge in [-0.05, 0) is 45.3 Å². The molecule has 9 heteroatoms. The van der Waals surface area contributed by atoms with E-state index >= 15 is 0 Å². The highest BCUT2D eigenvalue weighted by Gasteiger charge is 2.25. The van der Waals surface area contributed by atoms with Crippen LogP contribution in [0.25, 0.3) is 0 Å². The number of carbonyl (C=O) groups is 2. The number of ether oxygens (including phenoxy) is 1. The minimum atomic E-state index is -0.702. The molecule has 124 valence electrons. The van der Waals surface area contributed by atoms with Gasteiger partial charge < -0.3 is 10.1 Å². The lowest BCUT2D eigenvalue weighted by Gasteiger charge is -2.23. The summed E-state index contributed by atoms with van der Waals surface area (Å²) in [6.07, 6.45) is -0.135. The molecule has 0 aliphatic carbocycles. The number of aromatic amines is 1. The third kappa shape index (κ3) is 6.99. The highest BCUT2D eigenvalue weighted by molar-refractivity contribution is 7.73. The standard InChI is InChI=1S/C13H22N4O3S2/c1-7(2)6-8(14-11(19)20-13(3,4)5)9(18)15-10-16-17-12(21)22-10/h7-8H,6H2,1-5H3,(H,14,19)(H,17,21)(H,15,16,18)/t8-/m0/s1. The van der Waals surface area contributed by atoms with Crippen LogP contribution in [-0.2, 0) is 9.53 Å². The lowest BCUT2D eigenvalue weighted by molar-refractivity contribution is -0.118. The Labute approximate surface area is 138 Å². The van der Waals surface area contributed by atoms with Crippen molar-refractivity contribution in [3.8, 4) is 0 Å². The monoisotopic (exact) mass is 346 g/mol. The minimum Gasteiger partial charge on any atom is -0.444 e. The van der Waals surface area contributed by atoms with Gasteiger partial charge in [0.05, 0.1) is 0 Å². The lowest BCUT2D eigenvalue weighted by atomic mass is 10.0. The first-order chi connectivity index (χ1) is 10.1. The Morgan fingerprint density at radius 2 is 2.05 bits per heavy atom. The Hall–Kier alpha value is -1.48. The first-order valence-electron chi connectivity index (χ1n) is 6.92. The fraction of sp³-hybridized carbons (Fsp3) is 0.692. The summed E-state index contributed by atoms with van der Waals surface area (Å²) in [7, 11) is 0. The van der Waals surface area contributed by atoms with Crippen molar-refractivity contribution in [2.45, 2.75) is 52.7 Å². The van der Waals surface area contributed by atoms with Gasteiger partial charge in [0, 0.05) is 0 Å². The van der Waals surface area contributed by atoms with Crippen molar-refractivity contribution in [3.63, 3.8) is 0 Å². The van der Waals surface area contributed by atoms with Crippen LogP contribution in [0.4, 0.5) is 9.93 Å². The number of nitrogens with zero attached hydrogens (tertiary/aromatic N) is 1. The van der Waals surface area contributed by atoms with E-state index in [1.165, 1.54) is 0 Å². The van der Waals surface area contributed by atoms with E-state index in [0.29, 0.717) is 15.5 Å². The van der Waals surface area contributed by atoms with Gasteiger partial charge in [0.15, 0.2) is 3.95 Å². The molecule has 0 aromatic carbocycles. The van der Waals surface area contributed by atoms with Gasteiger partial charge in [-0.15, -0.1) is 5.10 Å². The topological polar surface area (TPSA) is 96.1 Å². The Morgan fingerprint density at radius 1 is 1.41 bits per heavy atom. The summed E-state index contributed by atoms with van der Waals surface area (Å²) >= 11 is 6.06. The molecule has 0 bridgehead atoms. The zero-order valence-corrected chi connectivity index (χ0v) is 15.0. The Bertz CT molecular complexity index is 574. The molecule has 22 heavy (non-hydrogen) atoms. The smallest absolute Gasteiger partial charge is 0.408 e. The van der Waals surface area contributed by atoms with E-state index < -0.39 is 17.7 Å². The number of hydrogen-bond acceptors (Lipinski definition) is 6. The second-order valence-corrected chi connectivity index (χ2v) is 7.90. The van der Waals surface area contributed by atoms with Crippen LogP contribution in [0, 0.1) is 9.87 Å². The Morgan fingerprint density at radius 3 is 2.50 bits per heavy atom. The molecule has 1 rings (SSSR count). The molecule has 0 fully saturated rings. The Kier molecular flexibility index (Phi) is 6.48. The van der Waals surface area contributed by atoms with Crippen LogP contribution in [0.5, 0.6) is 0 Å². The molecule has 0 aliphatic rings. The summed E-state index contributed by atoms with van der Waals surface area (Å²) in [5.41, 5.74) is -0.621. The number of carbonyl (C=O) groups excluding carboxylic acids is 2. The van der Waals surface area contributed by atoms with Gasteiger partial charge in [-0.3, -0.25) is 15.2 Å². The molecule has 1 atom stereocenters. The first kappa shape index (κ1) is 18.6. The van der Waals surface area contributed by atoms with Gasteiger partial charge in [0.1, 0.15) is 11.6 Å². The van der Waals surface area contributed by atoms with Gasteiger partial charge in [0.2, 0.25) is 11.0 Å². The molecule has 3 N–H and O–H groups in total. The van der Waals surface area contributed by atoms with Crippen molar-refractivity contribution in [2.24, 2.45) is 5.92 Å². The predicted molar refractivity (Wildman–Crippen MR) is 88.5 cm³/mol. The molecule has 1 heterocycles. The van der Waals surface area contributed by atoms with E-state index in [1.54, 1.807) is 20.8 Å². The molecule has 0 saturated carbocycles. The normalized spacial score (nSPS) is 12.8. The molecule has 1 aromatic heterocycles. The predicted octanol–water partition coefficient (Wildman–Crippen LogP) is 3.08. The van der Waals surface area contributed by atoms with Crippen molar-refractivity contribution in [1.82, 2.24) is 15.5 Å². The summed E-state index contributed by atoms with van der Waals surface area (Å²) in [6.45, 7) is 9.23. The lowest BCUT2D eigenvalue weighted by Crippen LogP contribution is -2.46. The number of rotatable bonds is 5. The van der Waals surface area contributed by atoms with Gasteiger partial charge in [-0.2, -0.15) is 0 Å². The zero-order valence-electron chi connectivity index (χ0n) is 13.4. The number of alkyl carbamates (subject to hydrolysis) is 1. The van der Waals surface area contributed by atoms with Crippen molar-refractivity contribution in [3.05, 3.63) is 3.95 Å². The fourth-order valence-electron chi connectivity index (χ4n) is 1.63. The molecule has 0 radical (unpaired) electrons. The maximum absolute atomic E-state index is 12.3. The van der Waals surface area contributed by atoms with Gasteiger partial charge in [-0.25, -0.2) is 4.79 Å².